The first kappa shape index (κ1) is 22.8. The van der Waals surface area contributed by atoms with Crippen LogP contribution in [0, 0.1) is 5.92 Å². The van der Waals surface area contributed by atoms with E-state index in [0.717, 1.165) is 42.7 Å². The number of nitrogens with two attached hydrogens (primary N) is 1. The fourth-order valence-corrected chi connectivity index (χ4v) is 5.69. The number of hydrogen-bond donors (Lipinski definition) is 1. The topological polar surface area (TPSA) is 49.6 Å². The van der Waals surface area contributed by atoms with Gasteiger partial charge in [-0.25, -0.2) is 0 Å². The first-order valence-electron chi connectivity index (χ1n) is 12.5. The Kier molecular flexibility index (Phi) is 7.51. The number of nitrogen functional groups attached to an aromatic ring is 1. The van der Waals surface area contributed by atoms with Gasteiger partial charge < -0.3 is 10.6 Å². The first-order chi connectivity index (χ1) is 15.5. The maximum Gasteiger partial charge on any atom is 0.230 e. The number of para-hydroxylation sites is 1. The summed E-state index contributed by atoms with van der Waals surface area (Å²) in [6, 6.07) is 17.8. The van der Waals surface area contributed by atoms with E-state index in [4.69, 9.17) is 5.73 Å². The molecule has 172 valence electrons. The van der Waals surface area contributed by atoms with Crippen molar-refractivity contribution in [1.82, 2.24) is 4.90 Å². The molecule has 4 rings (SSSR count). The lowest BCUT2D eigenvalue weighted by Gasteiger charge is -2.39. The average Bonchev–Trinajstić information content (AvgIpc) is 2.77. The van der Waals surface area contributed by atoms with Crippen LogP contribution in [0.1, 0.15) is 63.5 Å². The number of anilines is 2. The van der Waals surface area contributed by atoms with Crippen molar-refractivity contribution in [3.63, 3.8) is 0 Å². The van der Waals surface area contributed by atoms with Gasteiger partial charge in [-0.05, 0) is 88.2 Å². The van der Waals surface area contributed by atoms with Gasteiger partial charge in [-0.1, -0.05) is 43.2 Å². The van der Waals surface area contributed by atoms with E-state index >= 15 is 0 Å². The molecule has 1 unspecified atom stereocenters. The van der Waals surface area contributed by atoms with E-state index in [2.05, 4.69) is 54.0 Å². The van der Waals surface area contributed by atoms with E-state index in [9.17, 15) is 4.79 Å². The highest BCUT2D eigenvalue weighted by molar-refractivity contribution is 5.98. The van der Waals surface area contributed by atoms with Gasteiger partial charge in [0.25, 0.3) is 0 Å². The maximum atomic E-state index is 13.5. The standard InChI is InChI=1S/C28H39N3O/c1-21-10-8-11-22(2)30(21)16-6-3-7-17-31-27-15-5-4-13-24(27)20-25(28(31)32)18-23-12-9-14-26(29)19-23/h4-5,9,12-15,19,21-22,25H,3,6-8,10-11,16-18,20,29H2,1-2H3/t21-,22+,25?. The highest BCUT2D eigenvalue weighted by Crippen LogP contribution is 2.32. The van der Waals surface area contributed by atoms with Crippen LogP contribution >= 0.6 is 0 Å². The van der Waals surface area contributed by atoms with Gasteiger partial charge in [-0.3, -0.25) is 9.69 Å². The molecule has 0 spiro atoms. The summed E-state index contributed by atoms with van der Waals surface area (Å²) < 4.78 is 0. The molecular weight excluding hydrogens is 394 g/mol. The van der Waals surface area contributed by atoms with Crippen molar-refractivity contribution in [3.05, 3.63) is 59.7 Å². The molecule has 0 aromatic heterocycles. The van der Waals surface area contributed by atoms with Crippen molar-refractivity contribution >= 4 is 17.3 Å². The number of likely N-dealkylation sites (tertiary alicyclic amines) is 1. The van der Waals surface area contributed by atoms with E-state index in [1.54, 1.807) is 0 Å². The third kappa shape index (κ3) is 5.35. The molecule has 4 heteroatoms. The summed E-state index contributed by atoms with van der Waals surface area (Å²) in [7, 11) is 0. The fourth-order valence-electron chi connectivity index (χ4n) is 5.69. The van der Waals surface area contributed by atoms with Crippen molar-refractivity contribution in [2.45, 2.75) is 77.3 Å². The molecule has 1 fully saturated rings. The number of rotatable bonds is 8. The zero-order valence-corrected chi connectivity index (χ0v) is 19.8. The number of nitrogens with zero attached hydrogens (tertiary/aromatic N) is 2. The molecule has 2 aliphatic rings. The first-order valence-corrected chi connectivity index (χ1v) is 12.5. The van der Waals surface area contributed by atoms with Gasteiger partial charge in [0.1, 0.15) is 0 Å². The Labute approximate surface area is 193 Å². The van der Waals surface area contributed by atoms with Crippen LogP contribution in [0.5, 0.6) is 0 Å². The Balaban J connectivity index is 1.35. The van der Waals surface area contributed by atoms with Crippen molar-refractivity contribution in [2.75, 3.05) is 23.7 Å². The molecular formula is C28H39N3O. The molecule has 2 aliphatic heterocycles. The van der Waals surface area contributed by atoms with Crippen LogP contribution in [0.15, 0.2) is 48.5 Å². The van der Waals surface area contributed by atoms with Gasteiger partial charge >= 0.3 is 0 Å². The van der Waals surface area contributed by atoms with Gasteiger partial charge in [0, 0.05) is 35.9 Å². The monoisotopic (exact) mass is 433 g/mol. The molecule has 0 bridgehead atoms. The number of benzene rings is 2. The maximum absolute atomic E-state index is 13.5. The summed E-state index contributed by atoms with van der Waals surface area (Å²) >= 11 is 0. The summed E-state index contributed by atoms with van der Waals surface area (Å²) in [4.78, 5) is 18.2. The Hall–Kier alpha value is -2.33. The second kappa shape index (κ2) is 10.5. The number of fused-ring (bicyclic) bond motifs is 1. The Bertz CT molecular complexity index is 901. The van der Waals surface area contributed by atoms with E-state index in [1.807, 2.05) is 18.2 Å². The second-order valence-electron chi connectivity index (χ2n) is 9.90. The van der Waals surface area contributed by atoms with Crippen LogP contribution in [0.25, 0.3) is 0 Å². The second-order valence-corrected chi connectivity index (χ2v) is 9.90. The molecule has 1 amide bonds. The predicted octanol–water partition coefficient (Wildman–Crippen LogP) is 5.45. The number of unbranched alkanes of at least 4 members (excludes halogenated alkanes) is 2. The number of carbonyl (C=O) groups excluding carboxylic acids is 1. The van der Waals surface area contributed by atoms with E-state index in [0.29, 0.717) is 12.1 Å². The summed E-state index contributed by atoms with van der Waals surface area (Å²) in [6.45, 7) is 6.75. The third-order valence-electron chi connectivity index (χ3n) is 7.47. The third-order valence-corrected chi connectivity index (χ3v) is 7.47. The molecule has 2 aromatic carbocycles. The van der Waals surface area contributed by atoms with Gasteiger partial charge in [0.15, 0.2) is 0 Å². The van der Waals surface area contributed by atoms with Gasteiger partial charge in [-0.2, -0.15) is 0 Å². The SMILES string of the molecule is C[C@@H]1CCC[C@H](C)N1CCCCCN1C(=O)C(Cc2cccc(N)c2)Cc2ccccc21. The zero-order chi connectivity index (χ0) is 22.5. The quantitative estimate of drug-likeness (QED) is 0.445. The Morgan fingerprint density at radius 2 is 1.69 bits per heavy atom. The fraction of sp³-hybridized carbons (Fsp3) is 0.536. The molecule has 1 saturated heterocycles. The number of piperidine rings is 1. The number of carbonyl (C=O) groups is 1. The van der Waals surface area contributed by atoms with Crippen LogP contribution < -0.4 is 10.6 Å². The minimum atomic E-state index is -0.0123. The highest BCUT2D eigenvalue weighted by atomic mass is 16.2. The number of hydrogen-bond acceptors (Lipinski definition) is 3. The molecule has 0 aliphatic carbocycles. The Morgan fingerprint density at radius 1 is 0.938 bits per heavy atom. The van der Waals surface area contributed by atoms with Crippen LogP contribution in [-0.2, 0) is 17.6 Å². The molecule has 32 heavy (non-hydrogen) atoms. The van der Waals surface area contributed by atoms with Crippen LogP contribution in [-0.4, -0.2) is 36.0 Å². The molecule has 2 aromatic rings. The van der Waals surface area contributed by atoms with Crippen molar-refractivity contribution in [2.24, 2.45) is 5.92 Å². The minimum absolute atomic E-state index is 0.0123. The summed E-state index contributed by atoms with van der Waals surface area (Å²) in [6.07, 6.45) is 9.03. The smallest absolute Gasteiger partial charge is 0.230 e. The summed E-state index contributed by atoms with van der Waals surface area (Å²) in [5.74, 6) is 0.256. The predicted molar refractivity (Wildman–Crippen MR) is 134 cm³/mol. The molecule has 4 nitrogen and oxygen atoms in total. The van der Waals surface area contributed by atoms with Crippen LogP contribution in [0.2, 0.25) is 0 Å². The lowest BCUT2D eigenvalue weighted by atomic mass is 9.86. The molecule has 2 heterocycles. The Morgan fingerprint density at radius 3 is 2.47 bits per heavy atom. The van der Waals surface area contributed by atoms with Crippen molar-refractivity contribution in [3.8, 4) is 0 Å². The van der Waals surface area contributed by atoms with Crippen LogP contribution in [0.4, 0.5) is 11.4 Å². The lowest BCUT2D eigenvalue weighted by Crippen LogP contribution is -2.44. The number of amides is 1. The lowest BCUT2D eigenvalue weighted by molar-refractivity contribution is -0.122. The highest BCUT2D eigenvalue weighted by Gasteiger charge is 2.32. The molecule has 2 N–H and O–H groups in total. The largest absolute Gasteiger partial charge is 0.399 e. The van der Waals surface area contributed by atoms with Gasteiger partial charge in [-0.15, -0.1) is 0 Å². The van der Waals surface area contributed by atoms with Crippen molar-refractivity contribution < 1.29 is 4.79 Å². The van der Waals surface area contributed by atoms with Crippen LogP contribution in [0.3, 0.4) is 0 Å². The molecule has 0 saturated carbocycles. The van der Waals surface area contributed by atoms with Crippen molar-refractivity contribution in [1.29, 1.82) is 0 Å². The zero-order valence-electron chi connectivity index (χ0n) is 19.8. The van der Waals surface area contributed by atoms with E-state index < -0.39 is 0 Å². The van der Waals surface area contributed by atoms with E-state index in [1.165, 1.54) is 44.2 Å². The normalized spacial score (nSPS) is 23.9. The average molecular weight is 434 g/mol. The minimum Gasteiger partial charge on any atom is -0.399 e. The van der Waals surface area contributed by atoms with Gasteiger partial charge in [0.2, 0.25) is 5.91 Å². The van der Waals surface area contributed by atoms with Gasteiger partial charge in [0.05, 0.1) is 0 Å². The molecule has 0 radical (unpaired) electrons. The molecule has 3 atom stereocenters. The van der Waals surface area contributed by atoms with E-state index in [-0.39, 0.29) is 11.8 Å². The summed E-state index contributed by atoms with van der Waals surface area (Å²) in [5.41, 5.74) is 10.3. The summed E-state index contributed by atoms with van der Waals surface area (Å²) in [5, 5.41) is 0.